The molecule has 1 rings (SSSR count). The van der Waals surface area contributed by atoms with E-state index in [1.165, 1.54) is 0 Å². The van der Waals surface area contributed by atoms with E-state index in [2.05, 4.69) is 25.7 Å². The molecule has 0 amide bonds. The zero-order chi connectivity index (χ0) is 11.5. The van der Waals surface area contributed by atoms with Crippen molar-refractivity contribution in [2.45, 2.75) is 32.2 Å². The average molecular weight is 219 g/mol. The van der Waals surface area contributed by atoms with Crippen LogP contribution in [0.3, 0.4) is 0 Å². The topological polar surface area (TPSA) is 33.0 Å². The first-order valence-corrected chi connectivity index (χ1v) is 8.45. The Balaban J connectivity index is 3.03. The Hall–Kier alpha value is -1.11. The molecule has 0 heterocycles. The van der Waals surface area contributed by atoms with E-state index in [4.69, 9.17) is 4.43 Å². The summed E-state index contributed by atoms with van der Waals surface area (Å²) in [6.45, 7) is 8.10. The number of rotatable bonds is 3. The molecule has 3 heteroatoms. The Morgan fingerprint density at radius 1 is 1.20 bits per heavy atom. The van der Waals surface area contributed by atoms with Crippen molar-refractivity contribution in [3.63, 3.8) is 0 Å². The van der Waals surface area contributed by atoms with Crippen molar-refractivity contribution >= 4 is 8.32 Å². The molecule has 80 valence electrons. The number of nitrogens with zero attached hydrogens (tertiary/aromatic N) is 1. The Labute approximate surface area is 92.6 Å². The number of nitriles is 1. The monoisotopic (exact) mass is 219 g/mol. The van der Waals surface area contributed by atoms with Crippen LogP contribution < -0.4 is 0 Å². The summed E-state index contributed by atoms with van der Waals surface area (Å²) in [5.74, 6) is 0. The minimum absolute atomic E-state index is 0.814. The summed E-state index contributed by atoms with van der Waals surface area (Å²) in [7, 11) is -1.72. The Morgan fingerprint density at radius 3 is 2.13 bits per heavy atom. The van der Waals surface area contributed by atoms with Crippen molar-refractivity contribution < 1.29 is 4.43 Å². The highest BCUT2D eigenvalue weighted by atomic mass is 28.4. The van der Waals surface area contributed by atoms with Gasteiger partial charge in [0.25, 0.3) is 0 Å². The lowest BCUT2D eigenvalue weighted by molar-refractivity contribution is 0.141. The lowest BCUT2D eigenvalue weighted by Gasteiger charge is -2.30. The largest absolute Gasteiger partial charge is 0.397 e. The van der Waals surface area contributed by atoms with Gasteiger partial charge >= 0.3 is 0 Å². The predicted molar refractivity (Wildman–Crippen MR) is 63.8 cm³/mol. The van der Waals surface area contributed by atoms with Crippen LogP contribution in [-0.2, 0) is 10.0 Å². The second kappa shape index (κ2) is 4.17. The highest BCUT2D eigenvalue weighted by Crippen LogP contribution is 2.28. The van der Waals surface area contributed by atoms with Crippen LogP contribution in [0, 0.1) is 11.3 Å². The number of benzene rings is 1. The Kier molecular flexibility index (Phi) is 3.33. The molecule has 0 saturated heterocycles. The van der Waals surface area contributed by atoms with Crippen LogP contribution in [0.15, 0.2) is 30.3 Å². The fraction of sp³-hybridized carbons (Fsp3) is 0.417. The second-order valence-corrected chi connectivity index (χ2v) is 9.15. The van der Waals surface area contributed by atoms with Crippen LogP contribution in [0.25, 0.3) is 0 Å². The Bertz CT molecular complexity index is 363. The summed E-state index contributed by atoms with van der Waals surface area (Å²) in [6, 6.07) is 11.9. The van der Waals surface area contributed by atoms with E-state index in [1.807, 2.05) is 37.3 Å². The molecule has 0 aliphatic heterocycles. The van der Waals surface area contributed by atoms with Crippen LogP contribution in [0.4, 0.5) is 0 Å². The van der Waals surface area contributed by atoms with E-state index in [-0.39, 0.29) is 0 Å². The molecule has 0 aliphatic rings. The molecule has 0 fully saturated rings. The minimum atomic E-state index is -1.72. The zero-order valence-electron chi connectivity index (χ0n) is 9.74. The molecule has 0 aliphatic carbocycles. The normalized spacial score (nSPS) is 15.4. The van der Waals surface area contributed by atoms with Crippen LogP contribution in [0.2, 0.25) is 19.6 Å². The fourth-order valence-electron chi connectivity index (χ4n) is 1.51. The van der Waals surface area contributed by atoms with Crippen molar-refractivity contribution in [2.24, 2.45) is 0 Å². The molecule has 0 radical (unpaired) electrons. The predicted octanol–water partition coefficient (Wildman–Crippen LogP) is 3.28. The van der Waals surface area contributed by atoms with Crippen molar-refractivity contribution in [1.29, 1.82) is 5.26 Å². The van der Waals surface area contributed by atoms with Gasteiger partial charge in [-0.2, -0.15) is 5.26 Å². The van der Waals surface area contributed by atoms with Gasteiger partial charge in [-0.25, -0.2) is 0 Å². The maximum absolute atomic E-state index is 9.25. The van der Waals surface area contributed by atoms with Crippen molar-refractivity contribution in [1.82, 2.24) is 0 Å². The van der Waals surface area contributed by atoms with E-state index in [0.717, 1.165) is 5.56 Å². The number of hydrogen-bond donors (Lipinski definition) is 0. The molecule has 15 heavy (non-hydrogen) atoms. The SMILES string of the molecule is C[C@@](C#N)(O[Si](C)(C)C)c1ccccc1. The summed E-state index contributed by atoms with van der Waals surface area (Å²) >= 11 is 0. The first-order valence-electron chi connectivity index (χ1n) is 5.04. The molecule has 1 aromatic rings. The molecule has 0 spiro atoms. The molecule has 2 nitrogen and oxygen atoms in total. The molecule has 0 aromatic heterocycles. The molecule has 0 N–H and O–H groups in total. The lowest BCUT2D eigenvalue weighted by Crippen LogP contribution is -2.37. The highest BCUT2D eigenvalue weighted by molar-refractivity contribution is 6.69. The smallest absolute Gasteiger partial charge is 0.186 e. The van der Waals surface area contributed by atoms with Crippen LogP contribution in [0.5, 0.6) is 0 Å². The molecule has 0 unspecified atom stereocenters. The summed E-state index contributed by atoms with van der Waals surface area (Å²) in [5.41, 5.74) is 0.112. The van der Waals surface area contributed by atoms with Crippen molar-refractivity contribution in [2.75, 3.05) is 0 Å². The summed E-state index contributed by atoms with van der Waals surface area (Å²) in [5, 5.41) is 9.25. The molecule has 0 bridgehead atoms. The zero-order valence-corrected chi connectivity index (χ0v) is 10.7. The number of hydrogen-bond acceptors (Lipinski definition) is 2. The van der Waals surface area contributed by atoms with E-state index < -0.39 is 13.9 Å². The average Bonchev–Trinajstić information content (AvgIpc) is 2.16. The van der Waals surface area contributed by atoms with Gasteiger partial charge in [-0.1, -0.05) is 30.3 Å². The third kappa shape index (κ3) is 3.19. The molecule has 1 aromatic carbocycles. The first-order chi connectivity index (χ1) is 6.87. The van der Waals surface area contributed by atoms with Crippen LogP contribution >= 0.6 is 0 Å². The summed E-state index contributed by atoms with van der Waals surface area (Å²) in [4.78, 5) is 0. The standard InChI is InChI=1S/C12H17NOSi/c1-12(10-13,14-15(2,3)4)11-8-6-5-7-9-11/h5-9H,1-4H3/t12-/m0/s1. The fourth-order valence-corrected chi connectivity index (χ4v) is 2.90. The van der Waals surface area contributed by atoms with Gasteiger partial charge in [0, 0.05) is 0 Å². The van der Waals surface area contributed by atoms with Gasteiger partial charge in [0.2, 0.25) is 0 Å². The van der Waals surface area contributed by atoms with Crippen molar-refractivity contribution in [3.8, 4) is 6.07 Å². The van der Waals surface area contributed by atoms with E-state index >= 15 is 0 Å². The van der Waals surface area contributed by atoms with Crippen LogP contribution in [0.1, 0.15) is 12.5 Å². The van der Waals surface area contributed by atoms with Crippen molar-refractivity contribution in [3.05, 3.63) is 35.9 Å². The van der Waals surface area contributed by atoms with Gasteiger partial charge in [-0.3, -0.25) is 0 Å². The minimum Gasteiger partial charge on any atom is -0.397 e. The van der Waals surface area contributed by atoms with E-state index in [9.17, 15) is 5.26 Å². The molecular formula is C12H17NOSi. The second-order valence-electron chi connectivity index (χ2n) is 4.73. The quantitative estimate of drug-likeness (QED) is 0.731. The molecule has 0 saturated carbocycles. The van der Waals surface area contributed by atoms with E-state index in [0.29, 0.717) is 0 Å². The van der Waals surface area contributed by atoms with Gasteiger partial charge in [-0.05, 0) is 32.1 Å². The Morgan fingerprint density at radius 2 is 1.73 bits per heavy atom. The van der Waals surface area contributed by atoms with Gasteiger partial charge in [0.05, 0.1) is 0 Å². The third-order valence-corrected chi connectivity index (χ3v) is 3.07. The van der Waals surface area contributed by atoms with E-state index in [1.54, 1.807) is 0 Å². The third-order valence-electron chi connectivity index (χ3n) is 2.05. The highest BCUT2D eigenvalue weighted by Gasteiger charge is 2.33. The maximum Gasteiger partial charge on any atom is 0.186 e. The van der Waals surface area contributed by atoms with Gasteiger partial charge < -0.3 is 4.43 Å². The first kappa shape index (κ1) is 12.0. The lowest BCUT2D eigenvalue weighted by atomic mass is 9.98. The van der Waals surface area contributed by atoms with Gasteiger partial charge in [0.15, 0.2) is 13.9 Å². The maximum atomic E-state index is 9.25. The van der Waals surface area contributed by atoms with Gasteiger partial charge in [-0.15, -0.1) is 0 Å². The van der Waals surface area contributed by atoms with Gasteiger partial charge in [0.1, 0.15) is 6.07 Å². The van der Waals surface area contributed by atoms with Crippen LogP contribution in [-0.4, -0.2) is 8.32 Å². The molecule has 1 atom stereocenters. The molecular weight excluding hydrogens is 202 g/mol. The summed E-state index contributed by atoms with van der Waals surface area (Å²) < 4.78 is 5.94. The summed E-state index contributed by atoms with van der Waals surface area (Å²) in [6.07, 6.45) is 0.